The molecular weight excluding hydrogens is 280 g/mol. The zero-order valence-electron chi connectivity index (χ0n) is 13.6. The largest absolute Gasteiger partial charge is 0.507 e. The number of benzene rings is 1. The van der Waals surface area contributed by atoms with Crippen LogP contribution in [-0.2, 0) is 4.79 Å². The fraction of sp³-hybridized carbons (Fsp3) is 0.412. The van der Waals surface area contributed by atoms with E-state index in [9.17, 15) is 14.7 Å². The van der Waals surface area contributed by atoms with Crippen molar-refractivity contribution in [2.24, 2.45) is 0 Å². The van der Waals surface area contributed by atoms with Gasteiger partial charge in [-0.05, 0) is 46.7 Å². The normalized spacial score (nSPS) is 17.0. The lowest BCUT2D eigenvalue weighted by molar-refractivity contribution is -0.115. The lowest BCUT2D eigenvalue weighted by Gasteiger charge is -2.17. The summed E-state index contributed by atoms with van der Waals surface area (Å²) in [6.45, 7) is 8.03. The lowest BCUT2D eigenvalue weighted by Crippen LogP contribution is -2.24. The number of phenols is 1. The molecule has 0 saturated carbocycles. The molecule has 0 spiro atoms. The minimum Gasteiger partial charge on any atom is -0.507 e. The molecule has 0 unspecified atom stereocenters. The van der Waals surface area contributed by atoms with Crippen LogP contribution in [0.15, 0.2) is 17.8 Å². The monoisotopic (exact) mass is 302 g/mol. The zero-order chi connectivity index (χ0) is 16.6. The van der Waals surface area contributed by atoms with Crippen molar-refractivity contribution < 1.29 is 14.7 Å². The van der Waals surface area contributed by atoms with E-state index in [1.54, 1.807) is 13.1 Å². The predicted octanol–water partition coefficient (Wildman–Crippen LogP) is 3.16. The molecule has 1 aliphatic rings. The average Bonchev–Trinajstić information content (AvgIpc) is 2.66. The Morgan fingerprint density at radius 2 is 1.59 bits per heavy atom. The molecule has 0 radical (unpaired) electrons. The number of amides is 3. The van der Waals surface area contributed by atoms with Gasteiger partial charge in [-0.2, -0.15) is 0 Å². The number of nitrogens with one attached hydrogen (secondary N) is 1. The number of phenolic OH excluding ortho intramolecular Hbond substituents is 1. The highest BCUT2D eigenvalue weighted by Gasteiger charge is 2.29. The Labute approximate surface area is 130 Å². The van der Waals surface area contributed by atoms with Crippen LogP contribution in [0.4, 0.5) is 4.79 Å². The highest BCUT2D eigenvalue weighted by molar-refractivity contribution is 6.13. The van der Waals surface area contributed by atoms with Gasteiger partial charge in [-0.3, -0.25) is 15.0 Å². The molecule has 2 N–H and O–H groups in total. The number of aromatic hydroxyl groups is 1. The maximum absolute atomic E-state index is 11.8. The summed E-state index contributed by atoms with van der Waals surface area (Å²) in [5.41, 5.74) is 2.79. The topological polar surface area (TPSA) is 69.6 Å². The lowest BCUT2D eigenvalue weighted by atomic mass is 9.91. The molecule has 5 heteroatoms. The van der Waals surface area contributed by atoms with Gasteiger partial charge in [0.1, 0.15) is 11.4 Å². The first-order chi connectivity index (χ1) is 10.2. The molecule has 118 valence electrons. The van der Waals surface area contributed by atoms with E-state index in [4.69, 9.17) is 0 Å². The van der Waals surface area contributed by atoms with Crippen LogP contribution in [0.3, 0.4) is 0 Å². The van der Waals surface area contributed by atoms with E-state index in [-0.39, 0.29) is 11.8 Å². The van der Waals surface area contributed by atoms with Gasteiger partial charge >= 0.3 is 6.03 Å². The number of rotatable bonds is 3. The van der Waals surface area contributed by atoms with Gasteiger partial charge in [-0.25, -0.2) is 4.79 Å². The van der Waals surface area contributed by atoms with Crippen molar-refractivity contribution in [3.63, 3.8) is 0 Å². The number of likely N-dealkylation sites (N-methyl/N-ethyl adjacent to an activating group) is 1. The van der Waals surface area contributed by atoms with Crippen LogP contribution in [0.1, 0.15) is 56.2 Å². The third-order valence-electron chi connectivity index (χ3n) is 3.86. The van der Waals surface area contributed by atoms with Crippen molar-refractivity contribution in [1.82, 2.24) is 10.2 Å². The quantitative estimate of drug-likeness (QED) is 0.665. The van der Waals surface area contributed by atoms with Gasteiger partial charge < -0.3 is 5.11 Å². The summed E-state index contributed by atoms with van der Waals surface area (Å²) in [6, 6.07) is 3.30. The number of hydrogen-bond donors (Lipinski definition) is 2. The predicted molar refractivity (Wildman–Crippen MR) is 85.6 cm³/mol. The van der Waals surface area contributed by atoms with Crippen LogP contribution >= 0.6 is 0 Å². The van der Waals surface area contributed by atoms with E-state index >= 15 is 0 Å². The number of hydrogen-bond acceptors (Lipinski definition) is 3. The Balaban J connectivity index is 2.57. The Hall–Kier alpha value is -2.30. The molecular formula is C17H22N2O3. The molecule has 0 atom stereocenters. The van der Waals surface area contributed by atoms with Gasteiger partial charge in [0.2, 0.25) is 0 Å². The summed E-state index contributed by atoms with van der Waals surface area (Å²) in [6.07, 6.45) is 1.68. The standard InChI is InChI=1S/C17H22N2O3/c1-9(2)12-6-11(7-13(10(3)4)15(12)20)8-14-16(21)18-17(22)19(14)5/h6-10,20H,1-5H3,(H,18,21,22). The highest BCUT2D eigenvalue weighted by atomic mass is 16.3. The summed E-state index contributed by atoms with van der Waals surface area (Å²) < 4.78 is 0. The second-order valence-corrected chi connectivity index (χ2v) is 6.21. The van der Waals surface area contributed by atoms with Gasteiger partial charge in [0.15, 0.2) is 0 Å². The van der Waals surface area contributed by atoms with E-state index in [1.165, 1.54) is 4.90 Å². The second kappa shape index (κ2) is 5.83. The molecule has 1 fully saturated rings. The van der Waals surface area contributed by atoms with Crippen LogP contribution in [0, 0.1) is 0 Å². The van der Waals surface area contributed by atoms with Crippen molar-refractivity contribution in [2.45, 2.75) is 39.5 Å². The number of nitrogens with zero attached hydrogens (tertiary/aromatic N) is 1. The Morgan fingerprint density at radius 1 is 1.09 bits per heavy atom. The van der Waals surface area contributed by atoms with Crippen LogP contribution in [-0.4, -0.2) is 29.0 Å². The third-order valence-corrected chi connectivity index (χ3v) is 3.86. The van der Waals surface area contributed by atoms with Crippen LogP contribution in [0.25, 0.3) is 6.08 Å². The van der Waals surface area contributed by atoms with Crippen molar-refractivity contribution >= 4 is 18.0 Å². The molecule has 1 heterocycles. The minimum absolute atomic E-state index is 0.160. The summed E-state index contributed by atoms with van der Waals surface area (Å²) in [4.78, 5) is 24.6. The third kappa shape index (κ3) is 2.84. The van der Waals surface area contributed by atoms with Crippen molar-refractivity contribution in [3.05, 3.63) is 34.5 Å². The average molecular weight is 302 g/mol. The van der Waals surface area contributed by atoms with Gasteiger partial charge in [-0.15, -0.1) is 0 Å². The summed E-state index contributed by atoms with van der Waals surface area (Å²) in [5, 5.41) is 12.6. The molecule has 1 aliphatic heterocycles. The zero-order valence-corrected chi connectivity index (χ0v) is 13.6. The second-order valence-electron chi connectivity index (χ2n) is 6.21. The molecule has 0 aliphatic carbocycles. The fourth-order valence-electron chi connectivity index (χ4n) is 2.49. The van der Waals surface area contributed by atoms with Gasteiger partial charge in [0.25, 0.3) is 5.91 Å². The minimum atomic E-state index is -0.428. The first-order valence-corrected chi connectivity index (χ1v) is 7.40. The van der Waals surface area contributed by atoms with E-state index in [0.717, 1.165) is 16.7 Å². The maximum Gasteiger partial charge on any atom is 0.328 e. The first kappa shape index (κ1) is 16.1. The Kier molecular flexibility index (Phi) is 4.26. The Morgan fingerprint density at radius 3 is 1.95 bits per heavy atom. The highest BCUT2D eigenvalue weighted by Crippen LogP contribution is 2.35. The summed E-state index contributed by atoms with van der Waals surface area (Å²) >= 11 is 0. The van der Waals surface area contributed by atoms with Crippen molar-refractivity contribution in [2.75, 3.05) is 7.05 Å². The molecule has 5 nitrogen and oxygen atoms in total. The van der Waals surface area contributed by atoms with E-state index in [1.807, 2.05) is 39.8 Å². The molecule has 22 heavy (non-hydrogen) atoms. The van der Waals surface area contributed by atoms with E-state index in [2.05, 4.69) is 5.32 Å². The van der Waals surface area contributed by atoms with Crippen molar-refractivity contribution in [3.8, 4) is 5.75 Å². The molecule has 1 saturated heterocycles. The van der Waals surface area contributed by atoms with Gasteiger partial charge in [0, 0.05) is 7.05 Å². The molecule has 3 amide bonds. The SMILES string of the molecule is CC(C)c1cc(C=C2C(=O)NC(=O)N2C)cc(C(C)C)c1O. The van der Waals surface area contributed by atoms with Crippen molar-refractivity contribution in [1.29, 1.82) is 0 Å². The molecule has 0 aromatic heterocycles. The fourth-order valence-corrected chi connectivity index (χ4v) is 2.49. The molecule has 2 rings (SSSR count). The smallest absolute Gasteiger partial charge is 0.328 e. The summed E-state index contributed by atoms with van der Waals surface area (Å²) in [5.74, 6) is 0.227. The van der Waals surface area contributed by atoms with E-state index < -0.39 is 11.9 Å². The molecule has 1 aromatic carbocycles. The van der Waals surface area contributed by atoms with Crippen LogP contribution < -0.4 is 5.32 Å². The van der Waals surface area contributed by atoms with Gasteiger partial charge in [-0.1, -0.05) is 27.7 Å². The number of carbonyl (C=O) groups excluding carboxylic acids is 2. The number of carbonyl (C=O) groups is 2. The number of imide groups is 1. The maximum atomic E-state index is 11.8. The first-order valence-electron chi connectivity index (χ1n) is 7.40. The molecule has 1 aromatic rings. The number of urea groups is 1. The van der Waals surface area contributed by atoms with Crippen LogP contribution in [0.2, 0.25) is 0 Å². The summed E-state index contributed by atoms with van der Waals surface area (Å²) in [7, 11) is 1.55. The Bertz CT molecular complexity index is 631. The van der Waals surface area contributed by atoms with Crippen LogP contribution in [0.5, 0.6) is 5.75 Å². The van der Waals surface area contributed by atoms with Gasteiger partial charge in [0.05, 0.1) is 0 Å². The van der Waals surface area contributed by atoms with E-state index in [0.29, 0.717) is 11.4 Å². The molecule has 0 bridgehead atoms.